The fourth-order valence-corrected chi connectivity index (χ4v) is 3.55. The molecule has 0 radical (unpaired) electrons. The van der Waals surface area contributed by atoms with Crippen molar-refractivity contribution in [2.45, 2.75) is 24.6 Å². The molecule has 0 unspecified atom stereocenters. The minimum atomic E-state index is -1.49. The highest BCUT2D eigenvalue weighted by molar-refractivity contribution is 5.59. The predicted octanol–water partition coefficient (Wildman–Crippen LogP) is 3.51. The number of methoxy groups -OCH3 is 1. The largest absolute Gasteiger partial charge is 0.497 e. The van der Waals surface area contributed by atoms with Gasteiger partial charge in [0.15, 0.2) is 0 Å². The van der Waals surface area contributed by atoms with Crippen molar-refractivity contribution in [1.29, 1.82) is 5.26 Å². The van der Waals surface area contributed by atoms with Gasteiger partial charge in [0.25, 0.3) is 0 Å². The molecule has 130 valence electrons. The lowest BCUT2D eigenvalue weighted by molar-refractivity contribution is 0.163. The SMILES string of the molecule is COc1ccc(-c2cn([C@@]3(C#N)c4ccccc4CC[C@@H]3F)nn2)cc1. The lowest BCUT2D eigenvalue weighted by Gasteiger charge is -2.35. The summed E-state index contributed by atoms with van der Waals surface area (Å²) in [7, 11) is 1.60. The quantitative estimate of drug-likeness (QED) is 0.727. The molecule has 1 heterocycles. The number of rotatable bonds is 3. The van der Waals surface area contributed by atoms with E-state index in [1.165, 1.54) is 4.68 Å². The molecule has 2 aromatic carbocycles. The van der Waals surface area contributed by atoms with Gasteiger partial charge in [-0.15, -0.1) is 5.10 Å². The summed E-state index contributed by atoms with van der Waals surface area (Å²) in [6.45, 7) is 0. The number of aromatic nitrogens is 3. The molecule has 6 heteroatoms. The Bertz CT molecular complexity index is 976. The number of nitrogens with zero attached hydrogens (tertiary/aromatic N) is 4. The monoisotopic (exact) mass is 348 g/mol. The number of halogens is 1. The van der Waals surface area contributed by atoms with Crippen molar-refractivity contribution < 1.29 is 9.13 Å². The van der Waals surface area contributed by atoms with E-state index in [2.05, 4.69) is 16.4 Å². The van der Waals surface area contributed by atoms with Crippen LogP contribution in [0.3, 0.4) is 0 Å². The van der Waals surface area contributed by atoms with Crippen LogP contribution in [-0.2, 0) is 12.0 Å². The van der Waals surface area contributed by atoms with E-state index < -0.39 is 11.7 Å². The summed E-state index contributed by atoms with van der Waals surface area (Å²) in [5.74, 6) is 0.736. The van der Waals surface area contributed by atoms with Crippen LogP contribution in [0.25, 0.3) is 11.3 Å². The maximum atomic E-state index is 15.1. The van der Waals surface area contributed by atoms with Crippen LogP contribution >= 0.6 is 0 Å². The predicted molar refractivity (Wildman–Crippen MR) is 94.4 cm³/mol. The molecule has 1 aliphatic rings. The van der Waals surface area contributed by atoms with Crippen molar-refractivity contribution in [1.82, 2.24) is 15.0 Å². The van der Waals surface area contributed by atoms with Crippen molar-refractivity contribution in [3.8, 4) is 23.1 Å². The lowest BCUT2D eigenvalue weighted by Crippen LogP contribution is -2.46. The first-order chi connectivity index (χ1) is 12.7. The number of hydrogen-bond acceptors (Lipinski definition) is 4. The van der Waals surface area contributed by atoms with Gasteiger partial charge in [0.1, 0.15) is 23.7 Å². The van der Waals surface area contributed by atoms with Gasteiger partial charge in [-0.05, 0) is 42.7 Å². The minimum Gasteiger partial charge on any atom is -0.497 e. The van der Waals surface area contributed by atoms with Crippen LogP contribution in [0.2, 0.25) is 0 Å². The van der Waals surface area contributed by atoms with Gasteiger partial charge in [-0.2, -0.15) is 5.26 Å². The van der Waals surface area contributed by atoms with Gasteiger partial charge in [-0.3, -0.25) is 0 Å². The first-order valence-corrected chi connectivity index (χ1v) is 8.40. The van der Waals surface area contributed by atoms with Crippen LogP contribution in [0.15, 0.2) is 54.7 Å². The Morgan fingerprint density at radius 3 is 2.73 bits per heavy atom. The zero-order valence-electron chi connectivity index (χ0n) is 14.3. The highest BCUT2D eigenvalue weighted by Crippen LogP contribution is 2.40. The Hall–Kier alpha value is -3.20. The first-order valence-electron chi connectivity index (χ1n) is 8.40. The molecular weight excluding hydrogens is 331 g/mol. The third-order valence-corrected chi connectivity index (χ3v) is 4.96. The Morgan fingerprint density at radius 2 is 2.00 bits per heavy atom. The van der Waals surface area contributed by atoms with Gasteiger partial charge in [0.05, 0.1) is 13.3 Å². The van der Waals surface area contributed by atoms with Crippen LogP contribution in [0.4, 0.5) is 4.39 Å². The van der Waals surface area contributed by atoms with Crippen molar-refractivity contribution in [3.63, 3.8) is 0 Å². The molecule has 5 nitrogen and oxygen atoms in total. The second kappa shape index (κ2) is 6.26. The molecule has 3 aromatic rings. The number of alkyl halides is 1. The summed E-state index contributed by atoms with van der Waals surface area (Å²) in [5, 5.41) is 18.3. The van der Waals surface area contributed by atoms with E-state index in [1.807, 2.05) is 42.5 Å². The lowest BCUT2D eigenvalue weighted by atomic mass is 9.76. The molecule has 0 N–H and O–H groups in total. The topological polar surface area (TPSA) is 63.7 Å². The fourth-order valence-electron chi connectivity index (χ4n) is 3.55. The standard InChI is InChI=1S/C20H17FN4O/c1-26-16-9-6-15(7-10-16)18-12-25(24-23-18)20(13-22)17-5-3-2-4-14(17)8-11-19(20)21/h2-7,9-10,12,19H,8,11H2,1H3/t19-,20-/m0/s1. The van der Waals surface area contributed by atoms with Crippen molar-refractivity contribution in [2.24, 2.45) is 0 Å². The third-order valence-electron chi connectivity index (χ3n) is 4.96. The van der Waals surface area contributed by atoms with Crippen molar-refractivity contribution in [3.05, 3.63) is 65.9 Å². The number of fused-ring (bicyclic) bond motifs is 1. The number of benzene rings is 2. The van der Waals surface area contributed by atoms with E-state index in [0.717, 1.165) is 16.9 Å². The van der Waals surface area contributed by atoms with Crippen LogP contribution in [0.1, 0.15) is 17.5 Å². The third kappa shape index (κ3) is 2.36. The van der Waals surface area contributed by atoms with E-state index >= 15 is 4.39 Å². The first kappa shape index (κ1) is 16.3. The normalized spacial score (nSPS) is 21.7. The molecule has 0 bridgehead atoms. The van der Waals surface area contributed by atoms with Gasteiger partial charge in [0.2, 0.25) is 5.54 Å². The maximum absolute atomic E-state index is 15.1. The van der Waals surface area contributed by atoms with Crippen LogP contribution in [0.5, 0.6) is 5.75 Å². The summed E-state index contributed by atoms with van der Waals surface area (Å²) in [4.78, 5) is 0. The summed E-state index contributed by atoms with van der Waals surface area (Å²) >= 11 is 0. The zero-order chi connectivity index (χ0) is 18.1. The van der Waals surface area contributed by atoms with Gasteiger partial charge < -0.3 is 4.74 Å². The number of hydrogen-bond donors (Lipinski definition) is 0. The molecule has 26 heavy (non-hydrogen) atoms. The molecule has 4 rings (SSSR count). The van der Waals surface area contributed by atoms with Gasteiger partial charge in [-0.25, -0.2) is 9.07 Å². The summed E-state index contributed by atoms with van der Waals surface area (Å²) in [5.41, 5.74) is 1.55. The minimum absolute atomic E-state index is 0.280. The molecule has 0 saturated carbocycles. The van der Waals surface area contributed by atoms with Crippen molar-refractivity contribution >= 4 is 0 Å². The second-order valence-electron chi connectivity index (χ2n) is 6.32. The summed E-state index contributed by atoms with van der Waals surface area (Å²) in [6.07, 6.45) is 1.18. The number of nitriles is 1. The fraction of sp³-hybridized carbons (Fsp3) is 0.250. The number of ether oxygens (including phenoxy) is 1. The van der Waals surface area contributed by atoms with Gasteiger partial charge in [-0.1, -0.05) is 29.5 Å². The summed E-state index contributed by atoms with van der Waals surface area (Å²) < 4.78 is 21.6. The smallest absolute Gasteiger partial charge is 0.206 e. The molecule has 1 aromatic heterocycles. The molecule has 0 fully saturated rings. The maximum Gasteiger partial charge on any atom is 0.206 e. The Kier molecular flexibility index (Phi) is 3.92. The van der Waals surface area contributed by atoms with E-state index in [0.29, 0.717) is 17.7 Å². The zero-order valence-corrected chi connectivity index (χ0v) is 14.3. The van der Waals surface area contributed by atoms with E-state index in [1.54, 1.807) is 19.4 Å². The Morgan fingerprint density at radius 1 is 1.23 bits per heavy atom. The van der Waals surface area contributed by atoms with Gasteiger partial charge >= 0.3 is 0 Å². The molecule has 2 atom stereocenters. The van der Waals surface area contributed by atoms with E-state index in [9.17, 15) is 5.26 Å². The number of aryl methyl sites for hydroxylation is 1. The van der Waals surface area contributed by atoms with Crippen LogP contribution in [0, 0.1) is 11.3 Å². The molecule has 0 aliphatic heterocycles. The molecule has 0 saturated heterocycles. The molecule has 0 amide bonds. The van der Waals surface area contributed by atoms with Gasteiger partial charge in [0, 0.05) is 11.1 Å². The highest BCUT2D eigenvalue weighted by atomic mass is 19.1. The van der Waals surface area contributed by atoms with E-state index in [-0.39, 0.29) is 6.42 Å². The molecular formula is C20H17FN4O. The average molecular weight is 348 g/mol. The summed E-state index contributed by atoms with van der Waals surface area (Å²) in [6, 6.07) is 17.0. The average Bonchev–Trinajstić information content (AvgIpc) is 3.19. The second-order valence-corrected chi connectivity index (χ2v) is 6.32. The van der Waals surface area contributed by atoms with Crippen LogP contribution in [-0.4, -0.2) is 28.3 Å². The highest BCUT2D eigenvalue weighted by Gasteiger charge is 2.48. The molecule has 1 aliphatic carbocycles. The Labute approximate surface area is 150 Å². The van der Waals surface area contributed by atoms with Crippen molar-refractivity contribution in [2.75, 3.05) is 7.11 Å². The molecule has 0 spiro atoms. The van der Waals surface area contributed by atoms with E-state index in [4.69, 9.17) is 4.74 Å². The Balaban J connectivity index is 1.81. The van der Waals surface area contributed by atoms with Crippen LogP contribution < -0.4 is 4.74 Å².